The number of methoxy groups -OCH3 is 2. The fourth-order valence-corrected chi connectivity index (χ4v) is 1.31. The van der Waals surface area contributed by atoms with Gasteiger partial charge in [-0.1, -0.05) is 0 Å². The standard InChI is InChI=1S/C10H14N2O3/c1-14-5-6-3-7(10(12)13)8(11)4-9(6)15-2/h3-4H,5,11H2,1-2H3,(H2,12,13). The fourth-order valence-electron chi connectivity index (χ4n) is 1.31. The van der Waals surface area contributed by atoms with E-state index in [0.29, 0.717) is 18.0 Å². The van der Waals surface area contributed by atoms with Gasteiger partial charge in [0.2, 0.25) is 0 Å². The van der Waals surface area contributed by atoms with Crippen molar-refractivity contribution in [2.45, 2.75) is 6.61 Å². The molecule has 0 saturated heterocycles. The second-order valence-corrected chi connectivity index (χ2v) is 3.05. The number of hydrogen-bond donors (Lipinski definition) is 2. The number of carbonyl (C=O) groups is 1. The molecule has 0 unspecified atom stereocenters. The maximum atomic E-state index is 11.0. The van der Waals surface area contributed by atoms with Crippen LogP contribution in [0.4, 0.5) is 5.69 Å². The van der Waals surface area contributed by atoms with Gasteiger partial charge in [-0.15, -0.1) is 0 Å². The van der Waals surface area contributed by atoms with Gasteiger partial charge in [-0.2, -0.15) is 0 Å². The van der Waals surface area contributed by atoms with E-state index in [2.05, 4.69) is 0 Å². The van der Waals surface area contributed by atoms with Crippen molar-refractivity contribution in [2.75, 3.05) is 20.0 Å². The Morgan fingerprint density at radius 3 is 2.53 bits per heavy atom. The maximum Gasteiger partial charge on any atom is 0.250 e. The molecule has 0 aliphatic carbocycles. The van der Waals surface area contributed by atoms with Crippen LogP contribution >= 0.6 is 0 Å². The van der Waals surface area contributed by atoms with Crippen molar-refractivity contribution in [1.82, 2.24) is 0 Å². The molecule has 0 atom stereocenters. The molecule has 0 radical (unpaired) electrons. The van der Waals surface area contributed by atoms with Gasteiger partial charge in [0.25, 0.3) is 5.91 Å². The SMILES string of the molecule is COCc1cc(C(N)=O)c(N)cc1OC. The Morgan fingerprint density at radius 1 is 1.40 bits per heavy atom. The van der Waals surface area contributed by atoms with Crippen molar-refractivity contribution in [2.24, 2.45) is 5.73 Å². The van der Waals surface area contributed by atoms with Crippen LogP contribution in [0.1, 0.15) is 15.9 Å². The number of amides is 1. The van der Waals surface area contributed by atoms with Gasteiger partial charge in [0.1, 0.15) is 5.75 Å². The lowest BCUT2D eigenvalue weighted by Gasteiger charge is -2.11. The van der Waals surface area contributed by atoms with Crippen molar-refractivity contribution in [3.63, 3.8) is 0 Å². The molecule has 0 aromatic heterocycles. The van der Waals surface area contributed by atoms with E-state index in [9.17, 15) is 4.79 Å². The van der Waals surface area contributed by atoms with Gasteiger partial charge in [0.05, 0.1) is 19.3 Å². The van der Waals surface area contributed by atoms with Crippen LogP contribution in [-0.4, -0.2) is 20.1 Å². The molecule has 0 bridgehead atoms. The molecule has 1 amide bonds. The highest BCUT2D eigenvalue weighted by atomic mass is 16.5. The van der Waals surface area contributed by atoms with Gasteiger partial charge in [-0.05, 0) is 6.07 Å². The molecular weight excluding hydrogens is 196 g/mol. The number of nitrogen functional groups attached to an aromatic ring is 1. The Hall–Kier alpha value is -1.75. The zero-order valence-corrected chi connectivity index (χ0v) is 8.74. The first-order valence-electron chi connectivity index (χ1n) is 4.35. The quantitative estimate of drug-likeness (QED) is 0.709. The first kappa shape index (κ1) is 11.3. The molecule has 0 fully saturated rings. The highest BCUT2D eigenvalue weighted by molar-refractivity contribution is 5.98. The fraction of sp³-hybridized carbons (Fsp3) is 0.300. The summed E-state index contributed by atoms with van der Waals surface area (Å²) in [7, 11) is 3.08. The monoisotopic (exact) mass is 210 g/mol. The summed E-state index contributed by atoms with van der Waals surface area (Å²) in [6.07, 6.45) is 0. The molecule has 0 spiro atoms. The second kappa shape index (κ2) is 4.65. The lowest BCUT2D eigenvalue weighted by atomic mass is 10.1. The molecule has 0 aliphatic rings. The lowest BCUT2D eigenvalue weighted by Crippen LogP contribution is -2.14. The summed E-state index contributed by atoms with van der Waals surface area (Å²) in [4.78, 5) is 11.0. The van der Waals surface area contributed by atoms with Crippen LogP contribution in [0.15, 0.2) is 12.1 Å². The van der Waals surface area contributed by atoms with E-state index in [1.54, 1.807) is 19.2 Å². The van der Waals surface area contributed by atoms with Gasteiger partial charge in [0.15, 0.2) is 0 Å². The normalized spacial score (nSPS) is 10.0. The molecule has 5 heteroatoms. The Morgan fingerprint density at radius 2 is 2.07 bits per heavy atom. The Bertz CT molecular complexity index is 377. The summed E-state index contributed by atoms with van der Waals surface area (Å²) in [6, 6.07) is 3.15. The van der Waals surface area contributed by atoms with Crippen LogP contribution in [0.25, 0.3) is 0 Å². The molecule has 0 aliphatic heterocycles. The van der Waals surface area contributed by atoms with Crippen molar-refractivity contribution in [3.05, 3.63) is 23.3 Å². The summed E-state index contributed by atoms with van der Waals surface area (Å²) in [5, 5.41) is 0. The van der Waals surface area contributed by atoms with Gasteiger partial charge in [-0.25, -0.2) is 0 Å². The second-order valence-electron chi connectivity index (χ2n) is 3.05. The topological polar surface area (TPSA) is 87.6 Å². The largest absolute Gasteiger partial charge is 0.496 e. The number of primary amides is 1. The average molecular weight is 210 g/mol. The van der Waals surface area contributed by atoms with Gasteiger partial charge in [0, 0.05) is 24.4 Å². The first-order valence-corrected chi connectivity index (χ1v) is 4.35. The number of carbonyl (C=O) groups excluding carboxylic acids is 1. The molecule has 0 saturated carbocycles. The molecule has 5 nitrogen and oxygen atoms in total. The summed E-state index contributed by atoms with van der Waals surface area (Å²) in [5.74, 6) is 0.0202. The Balaban J connectivity index is 3.23. The number of anilines is 1. The van der Waals surface area contributed by atoms with Gasteiger partial charge >= 0.3 is 0 Å². The van der Waals surface area contributed by atoms with E-state index >= 15 is 0 Å². The summed E-state index contributed by atoms with van der Waals surface area (Å²) >= 11 is 0. The zero-order valence-electron chi connectivity index (χ0n) is 8.74. The van der Waals surface area contributed by atoms with E-state index in [4.69, 9.17) is 20.9 Å². The number of benzene rings is 1. The highest BCUT2D eigenvalue weighted by Gasteiger charge is 2.11. The smallest absolute Gasteiger partial charge is 0.250 e. The summed E-state index contributed by atoms with van der Waals surface area (Å²) in [5.41, 5.74) is 12.1. The molecular formula is C10H14N2O3. The van der Waals surface area contributed by atoms with E-state index in [-0.39, 0.29) is 5.56 Å². The van der Waals surface area contributed by atoms with Gasteiger partial charge in [-0.3, -0.25) is 4.79 Å². The van der Waals surface area contributed by atoms with E-state index in [1.807, 2.05) is 0 Å². The number of ether oxygens (including phenoxy) is 2. The predicted molar refractivity (Wildman–Crippen MR) is 56.6 cm³/mol. The van der Waals surface area contributed by atoms with Crippen LogP contribution in [-0.2, 0) is 11.3 Å². The number of rotatable bonds is 4. The zero-order chi connectivity index (χ0) is 11.4. The molecule has 1 aromatic carbocycles. The van der Waals surface area contributed by atoms with Crippen LogP contribution < -0.4 is 16.2 Å². The van der Waals surface area contributed by atoms with Crippen LogP contribution in [0.5, 0.6) is 5.75 Å². The minimum atomic E-state index is -0.562. The maximum absolute atomic E-state index is 11.0. The van der Waals surface area contributed by atoms with Crippen LogP contribution in [0, 0.1) is 0 Å². The average Bonchev–Trinajstić information content (AvgIpc) is 2.20. The van der Waals surface area contributed by atoms with Crippen molar-refractivity contribution >= 4 is 11.6 Å². The lowest BCUT2D eigenvalue weighted by molar-refractivity contribution is 0.100. The molecule has 1 aromatic rings. The third-order valence-corrected chi connectivity index (χ3v) is 2.02. The van der Waals surface area contributed by atoms with Gasteiger partial charge < -0.3 is 20.9 Å². The van der Waals surface area contributed by atoms with Crippen LogP contribution in [0.2, 0.25) is 0 Å². The van der Waals surface area contributed by atoms with Crippen molar-refractivity contribution < 1.29 is 14.3 Å². The third kappa shape index (κ3) is 2.38. The number of nitrogens with two attached hydrogens (primary N) is 2. The van der Waals surface area contributed by atoms with Crippen LogP contribution in [0.3, 0.4) is 0 Å². The summed E-state index contributed by atoms with van der Waals surface area (Å²) < 4.78 is 10.1. The highest BCUT2D eigenvalue weighted by Crippen LogP contribution is 2.25. The summed E-state index contributed by atoms with van der Waals surface area (Å²) in [6.45, 7) is 0.337. The van der Waals surface area contributed by atoms with E-state index < -0.39 is 5.91 Å². The molecule has 0 heterocycles. The molecule has 4 N–H and O–H groups in total. The third-order valence-electron chi connectivity index (χ3n) is 2.02. The first-order chi connectivity index (χ1) is 7.10. The molecule has 1 rings (SSSR count). The van der Waals surface area contributed by atoms with Crippen molar-refractivity contribution in [1.29, 1.82) is 0 Å². The number of hydrogen-bond acceptors (Lipinski definition) is 4. The van der Waals surface area contributed by atoms with Crippen molar-refractivity contribution in [3.8, 4) is 5.75 Å². The molecule has 82 valence electrons. The van der Waals surface area contributed by atoms with E-state index in [1.165, 1.54) is 7.11 Å². The minimum Gasteiger partial charge on any atom is -0.496 e. The minimum absolute atomic E-state index is 0.280. The predicted octanol–water partition coefficient (Wildman–Crippen LogP) is 0.523. The Kier molecular flexibility index (Phi) is 3.51. The molecule has 15 heavy (non-hydrogen) atoms. The van der Waals surface area contributed by atoms with E-state index in [0.717, 1.165) is 5.56 Å². The Labute approximate surface area is 88.0 Å².